The lowest BCUT2D eigenvalue weighted by Gasteiger charge is -2.04. The molecule has 1 atom stereocenters. The lowest BCUT2D eigenvalue weighted by Crippen LogP contribution is -2.17. The van der Waals surface area contributed by atoms with Gasteiger partial charge in [0.15, 0.2) is 0 Å². The Morgan fingerprint density at radius 3 is 2.57 bits per heavy atom. The zero-order chi connectivity index (χ0) is 10.4. The molecule has 14 heavy (non-hydrogen) atoms. The van der Waals surface area contributed by atoms with Gasteiger partial charge in [0.25, 0.3) is 0 Å². The Bertz CT molecular complexity index is 313. The second-order valence-electron chi connectivity index (χ2n) is 3.12. The van der Waals surface area contributed by atoms with Gasteiger partial charge in [-0.05, 0) is 30.5 Å². The number of nitrogens with two attached hydrogens (primary N) is 1. The molecule has 0 bridgehead atoms. The van der Waals surface area contributed by atoms with E-state index < -0.39 is 0 Å². The van der Waals surface area contributed by atoms with Crippen molar-refractivity contribution in [3.8, 4) is 11.8 Å². The van der Waals surface area contributed by atoms with Gasteiger partial charge in [0, 0.05) is 0 Å². The van der Waals surface area contributed by atoms with Crippen LogP contribution in [0.15, 0.2) is 24.3 Å². The van der Waals surface area contributed by atoms with Crippen LogP contribution >= 0.6 is 0 Å². The molecular formula is C11H14N2O. The summed E-state index contributed by atoms with van der Waals surface area (Å²) in [5.41, 5.74) is 6.67. The van der Waals surface area contributed by atoms with Crippen LogP contribution < -0.4 is 10.5 Å². The van der Waals surface area contributed by atoms with E-state index in [2.05, 4.69) is 0 Å². The van der Waals surface area contributed by atoms with Gasteiger partial charge in [0.1, 0.15) is 5.75 Å². The third kappa shape index (κ3) is 3.08. The number of methoxy groups -OCH3 is 1. The standard InChI is InChI=1S/C11H14N2O/c1-14-11-6-3-9(4-7-11)2-5-10(13)8-12/h3-4,6-7,10H,2,5,13H2,1H3. The first kappa shape index (κ1) is 10.6. The summed E-state index contributed by atoms with van der Waals surface area (Å²) in [5.74, 6) is 0.846. The van der Waals surface area contributed by atoms with Gasteiger partial charge in [0.2, 0.25) is 0 Å². The average Bonchev–Trinajstić information content (AvgIpc) is 2.26. The van der Waals surface area contributed by atoms with E-state index in [1.165, 1.54) is 5.56 Å². The Morgan fingerprint density at radius 1 is 1.43 bits per heavy atom. The molecule has 0 aliphatic heterocycles. The second-order valence-corrected chi connectivity index (χ2v) is 3.12. The minimum atomic E-state index is -0.364. The molecule has 2 N–H and O–H groups in total. The maximum absolute atomic E-state index is 8.50. The Hall–Kier alpha value is -1.53. The van der Waals surface area contributed by atoms with Crippen molar-refractivity contribution in [3.63, 3.8) is 0 Å². The van der Waals surface area contributed by atoms with Gasteiger partial charge in [-0.3, -0.25) is 0 Å². The highest BCUT2D eigenvalue weighted by Gasteiger charge is 2.00. The van der Waals surface area contributed by atoms with Crippen molar-refractivity contribution < 1.29 is 4.74 Å². The van der Waals surface area contributed by atoms with Crippen molar-refractivity contribution in [3.05, 3.63) is 29.8 Å². The highest BCUT2D eigenvalue weighted by Crippen LogP contribution is 2.12. The first-order valence-electron chi connectivity index (χ1n) is 4.54. The molecule has 0 fully saturated rings. The molecule has 0 saturated carbocycles. The van der Waals surface area contributed by atoms with E-state index in [-0.39, 0.29) is 6.04 Å². The fourth-order valence-corrected chi connectivity index (χ4v) is 1.18. The molecule has 74 valence electrons. The lowest BCUT2D eigenvalue weighted by molar-refractivity contribution is 0.414. The minimum absolute atomic E-state index is 0.364. The third-order valence-electron chi connectivity index (χ3n) is 2.07. The zero-order valence-electron chi connectivity index (χ0n) is 8.23. The van der Waals surface area contributed by atoms with Gasteiger partial charge in [-0.2, -0.15) is 5.26 Å². The molecular weight excluding hydrogens is 176 g/mol. The van der Waals surface area contributed by atoms with Crippen molar-refractivity contribution in [1.82, 2.24) is 0 Å². The number of hydrogen-bond donors (Lipinski definition) is 1. The molecule has 0 aliphatic carbocycles. The topological polar surface area (TPSA) is 59.0 Å². The maximum Gasteiger partial charge on any atom is 0.118 e. The van der Waals surface area contributed by atoms with Crippen molar-refractivity contribution in [2.45, 2.75) is 18.9 Å². The van der Waals surface area contributed by atoms with Gasteiger partial charge < -0.3 is 10.5 Å². The van der Waals surface area contributed by atoms with E-state index >= 15 is 0 Å². The van der Waals surface area contributed by atoms with Gasteiger partial charge in [-0.1, -0.05) is 12.1 Å². The van der Waals surface area contributed by atoms with Gasteiger partial charge in [-0.15, -0.1) is 0 Å². The van der Waals surface area contributed by atoms with Crippen LogP contribution in [0.3, 0.4) is 0 Å². The summed E-state index contributed by atoms with van der Waals surface area (Å²) >= 11 is 0. The normalized spacial score (nSPS) is 11.8. The number of rotatable bonds is 4. The summed E-state index contributed by atoms with van der Waals surface area (Å²) in [5, 5.41) is 8.50. The van der Waals surface area contributed by atoms with Crippen molar-refractivity contribution in [1.29, 1.82) is 5.26 Å². The van der Waals surface area contributed by atoms with Crippen molar-refractivity contribution >= 4 is 0 Å². The predicted molar refractivity (Wildman–Crippen MR) is 54.9 cm³/mol. The van der Waals surface area contributed by atoms with E-state index in [0.29, 0.717) is 6.42 Å². The number of hydrogen-bond acceptors (Lipinski definition) is 3. The molecule has 1 aromatic carbocycles. The molecule has 0 radical (unpaired) electrons. The molecule has 0 spiro atoms. The molecule has 0 aliphatic rings. The highest BCUT2D eigenvalue weighted by atomic mass is 16.5. The molecule has 1 aromatic rings. The Morgan fingerprint density at radius 2 is 2.07 bits per heavy atom. The lowest BCUT2D eigenvalue weighted by atomic mass is 10.1. The van der Waals surface area contributed by atoms with Gasteiger partial charge >= 0.3 is 0 Å². The number of nitriles is 1. The molecule has 0 aromatic heterocycles. The van der Waals surface area contributed by atoms with Crippen LogP contribution in [0.25, 0.3) is 0 Å². The summed E-state index contributed by atoms with van der Waals surface area (Å²) < 4.78 is 5.04. The molecule has 0 heterocycles. The van der Waals surface area contributed by atoms with Crippen LogP contribution in [0, 0.1) is 11.3 Å². The molecule has 0 saturated heterocycles. The summed E-state index contributed by atoms with van der Waals surface area (Å²) in [6.45, 7) is 0. The Balaban J connectivity index is 2.48. The van der Waals surface area contributed by atoms with Crippen LogP contribution in [0.1, 0.15) is 12.0 Å². The number of aryl methyl sites for hydroxylation is 1. The second kappa shape index (κ2) is 5.25. The Labute approximate surface area is 84.1 Å². The average molecular weight is 190 g/mol. The predicted octanol–water partition coefficient (Wildman–Crippen LogP) is 1.48. The van der Waals surface area contributed by atoms with E-state index in [9.17, 15) is 0 Å². The van der Waals surface area contributed by atoms with Crippen molar-refractivity contribution in [2.24, 2.45) is 5.73 Å². The number of nitrogens with zero attached hydrogens (tertiary/aromatic N) is 1. The Kier molecular flexibility index (Phi) is 3.96. The van der Waals surface area contributed by atoms with Crippen LogP contribution in [-0.4, -0.2) is 13.2 Å². The molecule has 3 heteroatoms. The van der Waals surface area contributed by atoms with Crippen molar-refractivity contribution in [2.75, 3.05) is 7.11 Å². The minimum Gasteiger partial charge on any atom is -0.497 e. The molecule has 3 nitrogen and oxygen atoms in total. The highest BCUT2D eigenvalue weighted by molar-refractivity contribution is 5.27. The SMILES string of the molecule is COc1ccc(CCC(N)C#N)cc1. The van der Waals surface area contributed by atoms with Crippen LogP contribution in [0.2, 0.25) is 0 Å². The molecule has 0 amide bonds. The molecule has 1 unspecified atom stereocenters. The summed E-state index contributed by atoms with van der Waals surface area (Å²) in [6.07, 6.45) is 1.53. The van der Waals surface area contributed by atoms with Gasteiger partial charge in [-0.25, -0.2) is 0 Å². The van der Waals surface area contributed by atoms with E-state index in [1.54, 1.807) is 7.11 Å². The smallest absolute Gasteiger partial charge is 0.118 e. The largest absolute Gasteiger partial charge is 0.497 e. The quantitative estimate of drug-likeness (QED) is 0.782. The zero-order valence-corrected chi connectivity index (χ0v) is 8.23. The monoisotopic (exact) mass is 190 g/mol. The van der Waals surface area contributed by atoms with Crippen LogP contribution in [0.4, 0.5) is 0 Å². The van der Waals surface area contributed by atoms with Crippen LogP contribution in [-0.2, 0) is 6.42 Å². The van der Waals surface area contributed by atoms with E-state index in [4.69, 9.17) is 15.7 Å². The first-order chi connectivity index (χ1) is 6.76. The van der Waals surface area contributed by atoms with E-state index in [1.807, 2.05) is 30.3 Å². The number of ether oxygens (including phenoxy) is 1. The molecule has 1 rings (SSSR count). The third-order valence-corrected chi connectivity index (χ3v) is 2.07. The fraction of sp³-hybridized carbons (Fsp3) is 0.364. The van der Waals surface area contributed by atoms with Crippen LogP contribution in [0.5, 0.6) is 5.75 Å². The summed E-state index contributed by atoms with van der Waals surface area (Å²) in [4.78, 5) is 0. The fourth-order valence-electron chi connectivity index (χ4n) is 1.18. The summed E-state index contributed by atoms with van der Waals surface area (Å²) in [7, 11) is 1.64. The maximum atomic E-state index is 8.50. The van der Waals surface area contributed by atoms with E-state index in [0.717, 1.165) is 12.2 Å². The first-order valence-corrected chi connectivity index (χ1v) is 4.54. The van der Waals surface area contributed by atoms with Gasteiger partial charge in [0.05, 0.1) is 19.2 Å². The summed E-state index contributed by atoms with van der Waals surface area (Å²) in [6, 6.07) is 9.44. The number of benzene rings is 1.